The Balaban J connectivity index is 1.73. The number of aliphatic hydroxyl groups is 1. The SMILES string of the molecule is CN(Cc1ccoc1)CC(O)COc1cccc(N)c1. The Labute approximate surface area is 118 Å². The number of nitrogens with zero attached hydrogens (tertiary/aromatic N) is 1. The van der Waals surface area contributed by atoms with Crippen LogP contribution in [0, 0.1) is 0 Å². The quantitative estimate of drug-likeness (QED) is 0.754. The van der Waals surface area contributed by atoms with Gasteiger partial charge in [-0.25, -0.2) is 0 Å². The van der Waals surface area contributed by atoms with Gasteiger partial charge in [0.1, 0.15) is 18.5 Å². The fourth-order valence-corrected chi connectivity index (χ4v) is 1.97. The maximum Gasteiger partial charge on any atom is 0.121 e. The molecule has 0 bridgehead atoms. The molecule has 0 saturated heterocycles. The number of aliphatic hydroxyl groups excluding tert-OH is 1. The van der Waals surface area contributed by atoms with Crippen molar-refractivity contribution in [3.05, 3.63) is 48.4 Å². The summed E-state index contributed by atoms with van der Waals surface area (Å²) in [5.41, 5.74) is 7.39. The minimum absolute atomic E-state index is 0.235. The number of furan rings is 1. The zero-order chi connectivity index (χ0) is 14.4. The highest BCUT2D eigenvalue weighted by atomic mass is 16.5. The molecule has 0 aliphatic heterocycles. The number of nitrogen functional groups attached to an aromatic ring is 1. The maximum atomic E-state index is 9.96. The highest BCUT2D eigenvalue weighted by molar-refractivity contribution is 5.43. The van der Waals surface area contributed by atoms with Gasteiger partial charge < -0.3 is 20.0 Å². The van der Waals surface area contributed by atoms with E-state index in [0.29, 0.717) is 18.0 Å². The number of hydrogen-bond donors (Lipinski definition) is 2. The predicted octanol–water partition coefficient (Wildman–Crippen LogP) is 1.73. The third-order valence-electron chi connectivity index (χ3n) is 2.86. The number of ether oxygens (including phenoxy) is 1. The first-order valence-electron chi connectivity index (χ1n) is 6.49. The van der Waals surface area contributed by atoms with Crippen LogP contribution in [0.25, 0.3) is 0 Å². The van der Waals surface area contributed by atoms with E-state index in [1.165, 1.54) is 0 Å². The van der Waals surface area contributed by atoms with Gasteiger partial charge in [-0.2, -0.15) is 0 Å². The molecule has 3 N–H and O–H groups in total. The minimum Gasteiger partial charge on any atom is -0.491 e. The topological polar surface area (TPSA) is 71.9 Å². The first-order valence-corrected chi connectivity index (χ1v) is 6.49. The average Bonchev–Trinajstić information content (AvgIpc) is 2.89. The summed E-state index contributed by atoms with van der Waals surface area (Å²) in [5, 5.41) is 9.96. The zero-order valence-electron chi connectivity index (χ0n) is 11.5. The van der Waals surface area contributed by atoms with Crippen LogP contribution in [0.1, 0.15) is 5.56 Å². The van der Waals surface area contributed by atoms with Gasteiger partial charge in [0.05, 0.1) is 12.5 Å². The van der Waals surface area contributed by atoms with Crippen molar-refractivity contribution in [3.8, 4) is 5.75 Å². The molecule has 0 aliphatic carbocycles. The van der Waals surface area contributed by atoms with Gasteiger partial charge in [-0.1, -0.05) is 6.07 Å². The number of anilines is 1. The molecule has 0 fully saturated rings. The second-order valence-corrected chi connectivity index (χ2v) is 4.87. The van der Waals surface area contributed by atoms with Crippen LogP contribution in [0.3, 0.4) is 0 Å². The van der Waals surface area contributed by atoms with Crippen LogP contribution < -0.4 is 10.5 Å². The van der Waals surface area contributed by atoms with Crippen molar-refractivity contribution in [2.75, 3.05) is 25.9 Å². The van der Waals surface area contributed by atoms with Gasteiger partial charge in [-0.05, 0) is 25.2 Å². The van der Waals surface area contributed by atoms with E-state index in [9.17, 15) is 5.11 Å². The van der Waals surface area contributed by atoms with Crippen molar-refractivity contribution < 1.29 is 14.3 Å². The normalized spacial score (nSPS) is 12.6. The summed E-state index contributed by atoms with van der Waals surface area (Å²) in [4.78, 5) is 2.01. The lowest BCUT2D eigenvalue weighted by atomic mass is 10.3. The molecule has 1 heterocycles. The zero-order valence-corrected chi connectivity index (χ0v) is 11.5. The number of nitrogens with two attached hydrogens (primary N) is 1. The minimum atomic E-state index is -0.562. The van der Waals surface area contributed by atoms with Crippen LogP contribution in [0.5, 0.6) is 5.75 Å². The molecule has 5 nitrogen and oxygen atoms in total. The molecular weight excluding hydrogens is 256 g/mol. The lowest BCUT2D eigenvalue weighted by Gasteiger charge is -2.20. The largest absolute Gasteiger partial charge is 0.491 e. The smallest absolute Gasteiger partial charge is 0.121 e. The molecule has 1 aromatic heterocycles. The molecule has 1 aromatic carbocycles. The molecule has 1 unspecified atom stereocenters. The van der Waals surface area contributed by atoms with E-state index < -0.39 is 6.10 Å². The molecule has 20 heavy (non-hydrogen) atoms. The van der Waals surface area contributed by atoms with E-state index in [4.69, 9.17) is 14.9 Å². The Morgan fingerprint density at radius 3 is 2.95 bits per heavy atom. The summed E-state index contributed by atoms with van der Waals surface area (Å²) in [6, 6.07) is 9.08. The Bertz CT molecular complexity index is 514. The van der Waals surface area contributed by atoms with Crippen LogP contribution in [0.15, 0.2) is 47.3 Å². The van der Waals surface area contributed by atoms with Crippen molar-refractivity contribution in [1.29, 1.82) is 0 Å². The molecule has 1 atom stereocenters. The fourth-order valence-electron chi connectivity index (χ4n) is 1.97. The Kier molecular flexibility index (Phi) is 5.03. The van der Waals surface area contributed by atoms with Crippen molar-refractivity contribution in [3.63, 3.8) is 0 Å². The van der Waals surface area contributed by atoms with E-state index >= 15 is 0 Å². The van der Waals surface area contributed by atoms with Crippen molar-refractivity contribution >= 4 is 5.69 Å². The lowest BCUT2D eigenvalue weighted by molar-refractivity contribution is 0.0743. The first-order chi connectivity index (χ1) is 9.63. The van der Waals surface area contributed by atoms with Gasteiger partial charge >= 0.3 is 0 Å². The first kappa shape index (κ1) is 14.4. The molecule has 108 valence electrons. The molecule has 2 rings (SSSR count). The van der Waals surface area contributed by atoms with E-state index in [1.807, 2.05) is 30.1 Å². The van der Waals surface area contributed by atoms with Gasteiger partial charge in [0.25, 0.3) is 0 Å². The number of hydrogen-bond acceptors (Lipinski definition) is 5. The predicted molar refractivity (Wildman–Crippen MR) is 77.4 cm³/mol. The lowest BCUT2D eigenvalue weighted by Crippen LogP contribution is -2.32. The maximum absolute atomic E-state index is 9.96. The Morgan fingerprint density at radius 2 is 2.25 bits per heavy atom. The fraction of sp³-hybridized carbons (Fsp3) is 0.333. The molecule has 0 spiro atoms. The van der Waals surface area contributed by atoms with Gasteiger partial charge in [-0.3, -0.25) is 4.90 Å². The summed E-state index contributed by atoms with van der Waals surface area (Å²) in [6.45, 7) is 1.48. The molecule has 0 amide bonds. The second-order valence-electron chi connectivity index (χ2n) is 4.87. The Morgan fingerprint density at radius 1 is 1.40 bits per heavy atom. The molecule has 0 aliphatic rings. The van der Waals surface area contributed by atoms with Crippen molar-refractivity contribution in [2.45, 2.75) is 12.6 Å². The van der Waals surface area contributed by atoms with Crippen LogP contribution in [0.2, 0.25) is 0 Å². The van der Waals surface area contributed by atoms with Crippen molar-refractivity contribution in [2.24, 2.45) is 0 Å². The van der Waals surface area contributed by atoms with Gasteiger partial charge in [0.2, 0.25) is 0 Å². The summed E-state index contributed by atoms with van der Waals surface area (Å²) in [6.07, 6.45) is 2.78. The Hall–Kier alpha value is -1.98. The highest BCUT2D eigenvalue weighted by Gasteiger charge is 2.10. The third kappa shape index (κ3) is 4.60. The number of benzene rings is 1. The van der Waals surface area contributed by atoms with E-state index in [2.05, 4.69) is 0 Å². The number of rotatable bonds is 7. The highest BCUT2D eigenvalue weighted by Crippen LogP contribution is 2.14. The monoisotopic (exact) mass is 276 g/mol. The molecular formula is C15H20N2O3. The van der Waals surface area contributed by atoms with Crippen LogP contribution in [0.4, 0.5) is 5.69 Å². The number of likely N-dealkylation sites (N-methyl/N-ethyl adjacent to an activating group) is 1. The standard InChI is InChI=1S/C15H20N2O3/c1-17(8-12-5-6-19-10-12)9-14(18)11-20-15-4-2-3-13(16)7-15/h2-7,10,14,18H,8-9,11,16H2,1H3. The summed E-state index contributed by atoms with van der Waals surface area (Å²) >= 11 is 0. The third-order valence-corrected chi connectivity index (χ3v) is 2.86. The summed E-state index contributed by atoms with van der Waals surface area (Å²) in [7, 11) is 1.94. The van der Waals surface area contributed by atoms with Crippen molar-refractivity contribution in [1.82, 2.24) is 4.90 Å². The summed E-state index contributed by atoms with van der Waals surface area (Å²) < 4.78 is 10.5. The van der Waals surface area contributed by atoms with Gasteiger partial charge in [0, 0.05) is 30.4 Å². The van der Waals surface area contributed by atoms with E-state index in [0.717, 1.165) is 12.1 Å². The molecule has 2 aromatic rings. The molecule has 0 saturated carbocycles. The second kappa shape index (κ2) is 6.98. The van der Waals surface area contributed by atoms with Gasteiger partial charge in [0.15, 0.2) is 0 Å². The van der Waals surface area contributed by atoms with Crippen LogP contribution in [-0.4, -0.2) is 36.3 Å². The molecule has 5 heteroatoms. The van der Waals surface area contributed by atoms with Crippen LogP contribution in [-0.2, 0) is 6.54 Å². The van der Waals surface area contributed by atoms with E-state index in [1.54, 1.807) is 24.7 Å². The average molecular weight is 276 g/mol. The summed E-state index contributed by atoms with van der Waals surface area (Å²) in [5.74, 6) is 0.668. The van der Waals surface area contributed by atoms with Crippen LogP contribution >= 0.6 is 0 Å². The molecule has 0 radical (unpaired) electrons. The van der Waals surface area contributed by atoms with Gasteiger partial charge in [-0.15, -0.1) is 0 Å². The van der Waals surface area contributed by atoms with E-state index in [-0.39, 0.29) is 6.61 Å².